The molecule has 7 nitrogen and oxygen atoms in total. The molecule has 2 aromatic rings. The Morgan fingerprint density at radius 3 is 2.33 bits per heavy atom. The van der Waals surface area contributed by atoms with Crippen molar-refractivity contribution in [3.63, 3.8) is 0 Å². The second-order valence-corrected chi connectivity index (χ2v) is 6.89. The van der Waals surface area contributed by atoms with Gasteiger partial charge in [0.25, 0.3) is 5.91 Å². The van der Waals surface area contributed by atoms with E-state index < -0.39 is 11.7 Å². The van der Waals surface area contributed by atoms with Crippen molar-refractivity contribution in [1.29, 1.82) is 0 Å². The van der Waals surface area contributed by atoms with Crippen LogP contribution in [0.25, 0.3) is 0 Å². The zero-order chi connectivity index (χ0) is 20.0. The fourth-order valence-electron chi connectivity index (χ4n) is 2.24. The summed E-state index contributed by atoms with van der Waals surface area (Å²) in [4.78, 5) is 24.0. The maximum Gasteiger partial charge on any atom is 0.412 e. The molecule has 0 heterocycles. The fraction of sp³-hybridized carbons (Fsp3) is 0.300. The average Bonchev–Trinajstić information content (AvgIpc) is 2.59. The van der Waals surface area contributed by atoms with E-state index in [1.165, 1.54) is 13.2 Å². The summed E-state index contributed by atoms with van der Waals surface area (Å²) >= 11 is 0. The molecule has 0 aromatic heterocycles. The molecule has 0 bridgehead atoms. The summed E-state index contributed by atoms with van der Waals surface area (Å²) in [6.45, 7) is 5.63. The van der Waals surface area contributed by atoms with Gasteiger partial charge in [-0.05, 0) is 62.7 Å². The molecule has 0 fully saturated rings. The lowest BCUT2D eigenvalue weighted by Gasteiger charge is -2.19. The molecule has 144 valence electrons. The van der Waals surface area contributed by atoms with Crippen molar-refractivity contribution < 1.29 is 24.2 Å². The number of nitrogens with one attached hydrogen (secondary N) is 2. The van der Waals surface area contributed by atoms with Crippen LogP contribution in [0, 0.1) is 0 Å². The minimum absolute atomic E-state index is 0.0423. The Morgan fingerprint density at radius 1 is 1.07 bits per heavy atom. The van der Waals surface area contributed by atoms with Gasteiger partial charge in [0.15, 0.2) is 11.5 Å². The molecule has 2 amide bonds. The Kier molecular flexibility index (Phi) is 6.28. The molecule has 0 unspecified atom stereocenters. The topological polar surface area (TPSA) is 96.9 Å². The third-order valence-corrected chi connectivity index (χ3v) is 3.49. The van der Waals surface area contributed by atoms with Gasteiger partial charge >= 0.3 is 6.09 Å². The number of phenolic OH excluding ortho intramolecular Hbond substituents is 1. The number of carbonyl (C=O) groups is 2. The molecule has 0 atom stereocenters. The third kappa shape index (κ3) is 6.22. The lowest BCUT2D eigenvalue weighted by atomic mass is 10.1. The van der Waals surface area contributed by atoms with E-state index in [-0.39, 0.29) is 18.2 Å². The molecule has 0 saturated carbocycles. The number of amides is 2. The van der Waals surface area contributed by atoms with Crippen molar-refractivity contribution in [3.05, 3.63) is 53.6 Å². The van der Waals surface area contributed by atoms with Gasteiger partial charge in [-0.25, -0.2) is 4.79 Å². The fourth-order valence-corrected chi connectivity index (χ4v) is 2.24. The Balaban J connectivity index is 1.92. The summed E-state index contributed by atoms with van der Waals surface area (Å²) in [6, 6.07) is 11.3. The van der Waals surface area contributed by atoms with Crippen molar-refractivity contribution >= 4 is 17.7 Å². The number of hydrogen-bond acceptors (Lipinski definition) is 5. The largest absolute Gasteiger partial charge is 0.504 e. The molecule has 0 aliphatic rings. The monoisotopic (exact) mass is 372 g/mol. The summed E-state index contributed by atoms with van der Waals surface area (Å²) in [5, 5.41) is 15.0. The lowest BCUT2D eigenvalue weighted by Crippen LogP contribution is -2.27. The second-order valence-electron chi connectivity index (χ2n) is 6.89. The van der Waals surface area contributed by atoms with Gasteiger partial charge in [-0.3, -0.25) is 10.1 Å². The van der Waals surface area contributed by atoms with E-state index in [2.05, 4.69) is 10.6 Å². The number of rotatable bonds is 5. The van der Waals surface area contributed by atoms with E-state index in [4.69, 9.17) is 9.47 Å². The van der Waals surface area contributed by atoms with Crippen molar-refractivity contribution in [3.8, 4) is 11.5 Å². The summed E-state index contributed by atoms with van der Waals surface area (Å²) in [7, 11) is 1.46. The molecule has 2 aromatic carbocycles. The quantitative estimate of drug-likeness (QED) is 0.744. The number of carbonyl (C=O) groups excluding carboxylic acids is 2. The van der Waals surface area contributed by atoms with Crippen molar-refractivity contribution in [1.82, 2.24) is 5.32 Å². The number of anilines is 1. The van der Waals surface area contributed by atoms with Crippen molar-refractivity contribution in [2.24, 2.45) is 0 Å². The minimum Gasteiger partial charge on any atom is -0.504 e. The van der Waals surface area contributed by atoms with Crippen LogP contribution in [0.15, 0.2) is 42.5 Å². The number of methoxy groups -OCH3 is 1. The zero-order valence-corrected chi connectivity index (χ0v) is 15.8. The first-order valence-electron chi connectivity index (χ1n) is 8.42. The van der Waals surface area contributed by atoms with Crippen LogP contribution in [-0.4, -0.2) is 29.8 Å². The van der Waals surface area contributed by atoms with Gasteiger partial charge in [0, 0.05) is 17.8 Å². The Bertz CT molecular complexity index is 810. The Labute approximate surface area is 158 Å². The number of hydrogen-bond donors (Lipinski definition) is 3. The second kappa shape index (κ2) is 8.44. The van der Waals surface area contributed by atoms with Gasteiger partial charge in [0.2, 0.25) is 0 Å². The molecule has 0 aliphatic heterocycles. The molecule has 0 aliphatic carbocycles. The summed E-state index contributed by atoms with van der Waals surface area (Å²) < 4.78 is 10.2. The molecule has 7 heteroatoms. The van der Waals surface area contributed by atoms with E-state index in [1.807, 2.05) is 0 Å². The molecule has 0 radical (unpaired) electrons. The van der Waals surface area contributed by atoms with E-state index in [9.17, 15) is 14.7 Å². The molecule has 0 spiro atoms. The van der Waals surface area contributed by atoms with Crippen molar-refractivity contribution in [2.45, 2.75) is 32.9 Å². The lowest BCUT2D eigenvalue weighted by molar-refractivity contribution is 0.0635. The first-order chi connectivity index (χ1) is 12.7. The molecule has 3 N–H and O–H groups in total. The van der Waals surface area contributed by atoms with Crippen LogP contribution < -0.4 is 15.4 Å². The van der Waals surface area contributed by atoms with Crippen LogP contribution in [0.1, 0.15) is 36.7 Å². The van der Waals surface area contributed by atoms with Gasteiger partial charge in [0.05, 0.1) is 7.11 Å². The van der Waals surface area contributed by atoms with Gasteiger partial charge in [-0.2, -0.15) is 0 Å². The van der Waals surface area contributed by atoms with Crippen LogP contribution in [0.3, 0.4) is 0 Å². The summed E-state index contributed by atoms with van der Waals surface area (Å²) in [6.07, 6.45) is -0.555. The van der Waals surface area contributed by atoms with Crippen LogP contribution in [0.2, 0.25) is 0 Å². The summed E-state index contributed by atoms with van der Waals surface area (Å²) in [5.41, 5.74) is 1.20. The standard InChI is InChI=1S/C20H24N2O5/c1-20(2,3)27-19(25)22-15-8-6-14(7-9-15)18(24)21-12-13-5-10-16(23)17(11-13)26-4/h5-11,23H,12H2,1-4H3,(H,21,24)(H,22,25). The summed E-state index contributed by atoms with van der Waals surface area (Å²) in [5.74, 6) is 0.130. The smallest absolute Gasteiger partial charge is 0.412 e. The zero-order valence-electron chi connectivity index (χ0n) is 15.8. The van der Waals surface area contributed by atoms with Crippen LogP contribution in [0.4, 0.5) is 10.5 Å². The van der Waals surface area contributed by atoms with Crippen LogP contribution in [-0.2, 0) is 11.3 Å². The molecular formula is C20H24N2O5. The Hall–Kier alpha value is -3.22. The highest BCUT2D eigenvalue weighted by atomic mass is 16.6. The van der Waals surface area contributed by atoms with E-state index >= 15 is 0 Å². The number of benzene rings is 2. The third-order valence-electron chi connectivity index (χ3n) is 3.49. The number of ether oxygens (including phenoxy) is 2. The Morgan fingerprint density at radius 2 is 1.74 bits per heavy atom. The normalized spacial score (nSPS) is 10.8. The van der Waals surface area contributed by atoms with E-state index in [0.717, 1.165) is 5.56 Å². The van der Waals surface area contributed by atoms with Crippen LogP contribution in [0.5, 0.6) is 11.5 Å². The predicted octanol–water partition coefficient (Wildman–Crippen LogP) is 3.68. The van der Waals surface area contributed by atoms with Crippen LogP contribution >= 0.6 is 0 Å². The van der Waals surface area contributed by atoms with Gasteiger partial charge in [-0.15, -0.1) is 0 Å². The highest BCUT2D eigenvalue weighted by molar-refractivity contribution is 5.95. The van der Waals surface area contributed by atoms with Gasteiger partial charge in [-0.1, -0.05) is 6.07 Å². The first-order valence-corrected chi connectivity index (χ1v) is 8.42. The van der Waals surface area contributed by atoms with Gasteiger partial charge < -0.3 is 19.9 Å². The molecule has 2 rings (SSSR count). The average molecular weight is 372 g/mol. The van der Waals surface area contributed by atoms with E-state index in [1.54, 1.807) is 57.2 Å². The highest BCUT2D eigenvalue weighted by Crippen LogP contribution is 2.26. The number of phenols is 1. The number of aromatic hydroxyl groups is 1. The predicted molar refractivity (Wildman–Crippen MR) is 102 cm³/mol. The maximum atomic E-state index is 12.3. The van der Waals surface area contributed by atoms with Gasteiger partial charge in [0.1, 0.15) is 5.60 Å². The minimum atomic E-state index is -0.583. The van der Waals surface area contributed by atoms with E-state index in [0.29, 0.717) is 17.0 Å². The highest BCUT2D eigenvalue weighted by Gasteiger charge is 2.16. The van der Waals surface area contributed by atoms with Crippen molar-refractivity contribution in [2.75, 3.05) is 12.4 Å². The molecule has 0 saturated heterocycles. The first kappa shape index (κ1) is 20.1. The molecule has 27 heavy (non-hydrogen) atoms. The SMILES string of the molecule is COc1cc(CNC(=O)c2ccc(NC(=O)OC(C)(C)C)cc2)ccc1O. The molecular weight excluding hydrogens is 348 g/mol. The maximum absolute atomic E-state index is 12.3.